The van der Waals surface area contributed by atoms with Gasteiger partial charge >= 0.3 is 0 Å². The van der Waals surface area contributed by atoms with Crippen molar-refractivity contribution >= 4 is 29.9 Å². The van der Waals surface area contributed by atoms with E-state index < -0.39 is 0 Å². The summed E-state index contributed by atoms with van der Waals surface area (Å²) >= 11 is 0. The van der Waals surface area contributed by atoms with E-state index in [1.54, 1.807) is 0 Å². The van der Waals surface area contributed by atoms with Gasteiger partial charge in [-0.2, -0.15) is 0 Å². The monoisotopic (exact) mass is 533 g/mol. The molecule has 0 radical (unpaired) electrons. The highest BCUT2D eigenvalue weighted by molar-refractivity contribution is 14.0. The molecule has 2 fully saturated rings. The first-order valence-electron chi connectivity index (χ1n) is 11.5. The molecule has 172 valence electrons. The van der Waals surface area contributed by atoms with Crippen LogP contribution in [0.4, 0.5) is 0 Å². The second-order valence-electron chi connectivity index (χ2n) is 8.36. The summed E-state index contributed by atoms with van der Waals surface area (Å²) in [5.74, 6) is 1.91. The highest BCUT2D eigenvalue weighted by Gasteiger charge is 2.20. The zero-order valence-corrected chi connectivity index (χ0v) is 21.1. The molecule has 7 nitrogen and oxygen atoms in total. The van der Waals surface area contributed by atoms with Crippen molar-refractivity contribution < 1.29 is 9.26 Å². The number of ether oxygens (including phenoxy) is 1. The zero-order valence-electron chi connectivity index (χ0n) is 18.8. The molecule has 0 amide bonds. The number of hydrogen-bond acceptors (Lipinski definition) is 5. The van der Waals surface area contributed by atoms with Crippen LogP contribution in [0.2, 0.25) is 0 Å². The lowest BCUT2D eigenvalue weighted by molar-refractivity contribution is 0.0264. The Kier molecular flexibility index (Phi) is 12.1. The van der Waals surface area contributed by atoms with Gasteiger partial charge in [-0.05, 0) is 39.0 Å². The van der Waals surface area contributed by atoms with E-state index >= 15 is 0 Å². The molecule has 2 heterocycles. The molecule has 1 aromatic rings. The van der Waals surface area contributed by atoms with Crippen LogP contribution in [0.25, 0.3) is 0 Å². The number of hydrogen-bond donors (Lipinski definition) is 1. The SMILES string of the molecule is CN=C(NCCCCCOC1CCCCC1)N1CCN(Cc2cc(C)on2)CC1.I. The molecule has 1 N–H and O–H groups in total. The highest BCUT2D eigenvalue weighted by Crippen LogP contribution is 2.20. The molecule has 2 aliphatic rings. The molecule has 0 bridgehead atoms. The summed E-state index contributed by atoms with van der Waals surface area (Å²) in [4.78, 5) is 9.26. The zero-order chi connectivity index (χ0) is 20.3. The number of aryl methyl sites for hydroxylation is 1. The molecule has 1 aromatic heterocycles. The average Bonchev–Trinajstić information content (AvgIpc) is 3.16. The molecule has 1 aliphatic carbocycles. The smallest absolute Gasteiger partial charge is 0.193 e. The number of nitrogens with one attached hydrogen (secondary N) is 1. The molecular formula is C22H40IN5O2. The van der Waals surface area contributed by atoms with E-state index in [0.717, 1.165) is 69.7 Å². The second-order valence-corrected chi connectivity index (χ2v) is 8.36. The molecule has 1 saturated heterocycles. The van der Waals surface area contributed by atoms with Crippen molar-refractivity contribution in [1.29, 1.82) is 0 Å². The largest absolute Gasteiger partial charge is 0.378 e. The van der Waals surface area contributed by atoms with Crippen LogP contribution in [0.3, 0.4) is 0 Å². The van der Waals surface area contributed by atoms with Crippen molar-refractivity contribution in [3.05, 3.63) is 17.5 Å². The van der Waals surface area contributed by atoms with Gasteiger partial charge in [-0.3, -0.25) is 9.89 Å². The number of guanidine groups is 1. The predicted octanol–water partition coefficient (Wildman–Crippen LogP) is 3.81. The summed E-state index contributed by atoms with van der Waals surface area (Å²) < 4.78 is 11.2. The van der Waals surface area contributed by atoms with Crippen molar-refractivity contribution in [2.45, 2.75) is 70.9 Å². The van der Waals surface area contributed by atoms with Crippen LogP contribution >= 0.6 is 24.0 Å². The Labute approximate surface area is 199 Å². The van der Waals surface area contributed by atoms with Crippen molar-refractivity contribution in [3.8, 4) is 0 Å². The third-order valence-electron chi connectivity index (χ3n) is 5.96. The topological polar surface area (TPSA) is 66.1 Å². The minimum Gasteiger partial charge on any atom is -0.378 e. The number of nitrogens with zero attached hydrogens (tertiary/aromatic N) is 4. The summed E-state index contributed by atoms with van der Waals surface area (Å²) in [6.07, 6.45) is 10.7. The van der Waals surface area contributed by atoms with E-state index in [1.807, 2.05) is 20.0 Å². The quantitative estimate of drug-likeness (QED) is 0.226. The Balaban J connectivity index is 0.00000320. The Bertz CT molecular complexity index is 610. The van der Waals surface area contributed by atoms with Crippen LogP contribution in [-0.4, -0.2) is 73.4 Å². The fourth-order valence-electron chi connectivity index (χ4n) is 4.26. The van der Waals surface area contributed by atoms with Gasteiger partial charge in [0.05, 0.1) is 11.8 Å². The molecule has 30 heavy (non-hydrogen) atoms. The normalized spacial score (nSPS) is 19.0. The summed E-state index contributed by atoms with van der Waals surface area (Å²) in [7, 11) is 1.88. The molecule has 3 rings (SSSR count). The Hall–Kier alpha value is -0.870. The van der Waals surface area contributed by atoms with Crippen molar-refractivity contribution in [3.63, 3.8) is 0 Å². The summed E-state index contributed by atoms with van der Waals surface area (Å²) in [6, 6.07) is 2.02. The Morgan fingerprint density at radius 3 is 2.60 bits per heavy atom. The molecule has 1 aliphatic heterocycles. The van der Waals surface area contributed by atoms with E-state index in [4.69, 9.17) is 9.26 Å². The second kappa shape index (κ2) is 14.2. The van der Waals surface area contributed by atoms with Crippen LogP contribution in [0, 0.1) is 6.92 Å². The molecular weight excluding hydrogens is 493 g/mol. The minimum absolute atomic E-state index is 0. The molecule has 0 atom stereocenters. The Morgan fingerprint density at radius 2 is 1.93 bits per heavy atom. The Morgan fingerprint density at radius 1 is 1.17 bits per heavy atom. The van der Waals surface area contributed by atoms with Gasteiger partial charge in [0.15, 0.2) is 5.96 Å². The lowest BCUT2D eigenvalue weighted by Gasteiger charge is -2.36. The number of halogens is 1. The van der Waals surface area contributed by atoms with E-state index in [-0.39, 0.29) is 24.0 Å². The van der Waals surface area contributed by atoms with Gasteiger partial charge in [0.1, 0.15) is 5.76 Å². The van der Waals surface area contributed by atoms with Crippen molar-refractivity contribution in [2.75, 3.05) is 46.4 Å². The van der Waals surface area contributed by atoms with Gasteiger partial charge in [-0.1, -0.05) is 24.4 Å². The van der Waals surface area contributed by atoms with Crippen LogP contribution < -0.4 is 5.32 Å². The fourth-order valence-corrected chi connectivity index (χ4v) is 4.26. The van der Waals surface area contributed by atoms with Gasteiger partial charge in [-0.15, -0.1) is 24.0 Å². The highest BCUT2D eigenvalue weighted by atomic mass is 127. The van der Waals surface area contributed by atoms with Crippen LogP contribution in [-0.2, 0) is 11.3 Å². The molecule has 8 heteroatoms. The molecule has 0 unspecified atom stereocenters. The van der Waals surface area contributed by atoms with E-state index in [0.29, 0.717) is 6.10 Å². The van der Waals surface area contributed by atoms with Crippen LogP contribution in [0.5, 0.6) is 0 Å². The first-order valence-corrected chi connectivity index (χ1v) is 11.5. The van der Waals surface area contributed by atoms with Gasteiger partial charge in [0.2, 0.25) is 0 Å². The van der Waals surface area contributed by atoms with Crippen LogP contribution in [0.1, 0.15) is 62.8 Å². The maximum atomic E-state index is 6.01. The van der Waals surface area contributed by atoms with E-state index in [2.05, 4.69) is 25.3 Å². The maximum Gasteiger partial charge on any atom is 0.193 e. The fraction of sp³-hybridized carbons (Fsp3) is 0.818. The third-order valence-corrected chi connectivity index (χ3v) is 5.96. The summed E-state index contributed by atoms with van der Waals surface area (Å²) in [6.45, 7) is 8.72. The standard InChI is InChI=1S/C22H39N5O2.HI/c1-19-17-20(25-29-19)18-26-12-14-27(15-13-26)22(23-2)24-11-7-4-8-16-28-21-9-5-3-6-10-21;/h17,21H,3-16,18H2,1-2H3,(H,23,24);1H. The first kappa shape index (κ1) is 25.4. The van der Waals surface area contributed by atoms with Crippen molar-refractivity contribution in [1.82, 2.24) is 20.3 Å². The molecule has 1 saturated carbocycles. The van der Waals surface area contributed by atoms with Gasteiger partial charge in [-0.25, -0.2) is 0 Å². The summed E-state index contributed by atoms with van der Waals surface area (Å²) in [5.41, 5.74) is 1.02. The third kappa shape index (κ3) is 8.70. The first-order chi connectivity index (χ1) is 14.2. The minimum atomic E-state index is 0. The summed E-state index contributed by atoms with van der Waals surface area (Å²) in [5, 5.41) is 7.64. The van der Waals surface area contributed by atoms with Crippen LogP contribution in [0.15, 0.2) is 15.6 Å². The van der Waals surface area contributed by atoms with Crippen molar-refractivity contribution in [2.24, 2.45) is 4.99 Å². The molecule has 0 aromatic carbocycles. The van der Waals surface area contributed by atoms with E-state index in [1.165, 1.54) is 44.9 Å². The number of piperazine rings is 1. The predicted molar refractivity (Wildman–Crippen MR) is 132 cm³/mol. The average molecular weight is 533 g/mol. The number of aromatic nitrogens is 1. The lowest BCUT2D eigenvalue weighted by atomic mass is 9.98. The maximum absolute atomic E-state index is 6.01. The van der Waals surface area contributed by atoms with Gasteiger partial charge < -0.3 is 19.5 Å². The molecule has 0 spiro atoms. The van der Waals surface area contributed by atoms with Gasteiger partial charge in [0.25, 0.3) is 0 Å². The van der Waals surface area contributed by atoms with E-state index in [9.17, 15) is 0 Å². The number of aliphatic imine (C=N–C) groups is 1. The lowest BCUT2D eigenvalue weighted by Crippen LogP contribution is -2.52. The number of rotatable bonds is 9. The number of unbranched alkanes of at least 4 members (excludes halogenated alkanes) is 2. The van der Waals surface area contributed by atoms with Gasteiger partial charge in [0, 0.05) is 59.0 Å².